The molecule has 0 radical (unpaired) electrons. The van der Waals surface area contributed by atoms with Crippen molar-refractivity contribution < 1.29 is 9.81 Å². The van der Waals surface area contributed by atoms with Gasteiger partial charge in [-0.15, -0.1) is 0 Å². The van der Waals surface area contributed by atoms with E-state index in [1.165, 1.54) is 0 Å². The van der Waals surface area contributed by atoms with Gasteiger partial charge in [0.2, 0.25) is 0 Å². The summed E-state index contributed by atoms with van der Waals surface area (Å²) >= 11 is 0. The molecule has 0 rings (SSSR count). The predicted octanol–water partition coefficient (Wildman–Crippen LogP) is -4.40. The minimum Gasteiger partial charge on any atom is -1.00 e. The Kier molecular flexibility index (Phi) is 340. The Hall–Kier alpha value is 0.656. The summed E-state index contributed by atoms with van der Waals surface area (Å²) in [5, 5.41) is 8.25. The molecular weight excluding hydrogens is 71.3 g/mol. The molecule has 0 aromatic carbocycles. The SMILES string of the molecule is C[O-].[F-].[Mg+2]. The van der Waals surface area contributed by atoms with Gasteiger partial charge in [0.25, 0.3) is 0 Å². The second kappa shape index (κ2) is 59.9. The molecule has 0 heterocycles. The van der Waals surface area contributed by atoms with Gasteiger partial charge in [-0.3, -0.25) is 0 Å². The van der Waals surface area contributed by atoms with Crippen molar-refractivity contribution in [2.24, 2.45) is 0 Å². The van der Waals surface area contributed by atoms with E-state index in [9.17, 15) is 0 Å². The molecule has 0 aliphatic rings. The Morgan fingerprint density at radius 3 is 1.25 bits per heavy atom. The van der Waals surface area contributed by atoms with Gasteiger partial charge >= 0.3 is 23.1 Å². The van der Waals surface area contributed by atoms with Crippen molar-refractivity contribution in [2.75, 3.05) is 7.11 Å². The molecule has 0 spiro atoms. The maximum absolute atomic E-state index is 8.25. The quantitative estimate of drug-likeness (QED) is 0.266. The maximum Gasteiger partial charge on any atom is 2.00 e. The van der Waals surface area contributed by atoms with E-state index < -0.39 is 0 Å². The molecule has 3 heteroatoms. The molecule has 0 atom stereocenters. The van der Waals surface area contributed by atoms with E-state index in [2.05, 4.69) is 0 Å². The molecule has 0 aliphatic heterocycles. The fourth-order valence-corrected chi connectivity index (χ4v) is 0. The summed E-state index contributed by atoms with van der Waals surface area (Å²) in [6.45, 7) is 0. The smallest absolute Gasteiger partial charge is 1.00 e. The third kappa shape index (κ3) is 16.9. The maximum atomic E-state index is 8.25. The van der Waals surface area contributed by atoms with Crippen molar-refractivity contribution in [1.82, 2.24) is 0 Å². The number of rotatable bonds is 0. The Labute approximate surface area is 40.5 Å². The Bertz CT molecular complexity index is 8.00. The first kappa shape index (κ1) is 22.7. The first-order valence-corrected chi connectivity index (χ1v) is 0.408. The molecule has 0 N–H and O–H groups in total. The number of hydrogen-bond donors (Lipinski definition) is 0. The number of halogens is 1. The molecule has 4 heavy (non-hydrogen) atoms. The van der Waals surface area contributed by atoms with Crippen LogP contribution in [0.2, 0.25) is 0 Å². The summed E-state index contributed by atoms with van der Waals surface area (Å²) in [5.41, 5.74) is 0. The minimum absolute atomic E-state index is 0. The van der Waals surface area contributed by atoms with Crippen LogP contribution in [0.15, 0.2) is 0 Å². The van der Waals surface area contributed by atoms with Gasteiger partial charge in [0.15, 0.2) is 0 Å². The Morgan fingerprint density at radius 1 is 1.25 bits per heavy atom. The average molecular weight is 74.3 g/mol. The van der Waals surface area contributed by atoms with Crippen LogP contribution in [0.5, 0.6) is 0 Å². The van der Waals surface area contributed by atoms with Crippen LogP contribution in [0.4, 0.5) is 0 Å². The van der Waals surface area contributed by atoms with Gasteiger partial charge in [-0.1, -0.05) is 0 Å². The molecule has 22 valence electrons. The van der Waals surface area contributed by atoms with Crippen molar-refractivity contribution in [3.05, 3.63) is 0 Å². The summed E-state index contributed by atoms with van der Waals surface area (Å²) in [5.74, 6) is 0. The first-order chi connectivity index (χ1) is 1.00. The van der Waals surface area contributed by atoms with Crippen molar-refractivity contribution in [2.45, 2.75) is 0 Å². The van der Waals surface area contributed by atoms with Crippen LogP contribution in [0, 0.1) is 0 Å². The molecule has 0 amide bonds. The van der Waals surface area contributed by atoms with Gasteiger partial charge < -0.3 is 9.81 Å². The molecule has 1 nitrogen and oxygen atoms in total. The first-order valence-electron chi connectivity index (χ1n) is 0.408. The largest absolute Gasteiger partial charge is 2.00 e. The Balaban J connectivity index is -0.00000000500. The van der Waals surface area contributed by atoms with Crippen LogP contribution >= 0.6 is 0 Å². The second-order valence-electron chi connectivity index (χ2n) is 0. The van der Waals surface area contributed by atoms with Crippen molar-refractivity contribution in [3.63, 3.8) is 0 Å². The summed E-state index contributed by atoms with van der Waals surface area (Å²) in [4.78, 5) is 0. The molecule has 0 aromatic heterocycles. The predicted molar refractivity (Wildman–Crippen MR) is 11.7 cm³/mol. The van der Waals surface area contributed by atoms with E-state index in [1.807, 2.05) is 0 Å². The van der Waals surface area contributed by atoms with Crippen LogP contribution in [0.1, 0.15) is 0 Å². The van der Waals surface area contributed by atoms with Crippen LogP contribution in [0.3, 0.4) is 0 Å². The normalized spacial score (nSPS) is 1.50. The van der Waals surface area contributed by atoms with Gasteiger partial charge in [0.1, 0.15) is 0 Å². The summed E-state index contributed by atoms with van der Waals surface area (Å²) in [6.07, 6.45) is 0. The van der Waals surface area contributed by atoms with Gasteiger partial charge in [0.05, 0.1) is 0 Å². The second-order valence-corrected chi connectivity index (χ2v) is 0. The molecule has 0 fully saturated rings. The number of hydrogen-bond acceptors (Lipinski definition) is 1. The molecule has 0 unspecified atom stereocenters. The molecule has 0 bridgehead atoms. The van der Waals surface area contributed by atoms with E-state index in [-0.39, 0.29) is 27.8 Å². The molecule has 0 aliphatic carbocycles. The van der Waals surface area contributed by atoms with Crippen LogP contribution < -0.4 is 9.81 Å². The van der Waals surface area contributed by atoms with Crippen LogP contribution in [-0.4, -0.2) is 30.2 Å². The van der Waals surface area contributed by atoms with Gasteiger partial charge in [-0.2, -0.15) is 7.11 Å². The third-order valence-electron chi connectivity index (χ3n) is 0. The van der Waals surface area contributed by atoms with Crippen molar-refractivity contribution in [3.8, 4) is 0 Å². The topological polar surface area (TPSA) is 23.1 Å². The minimum atomic E-state index is 0. The van der Waals surface area contributed by atoms with Gasteiger partial charge in [-0.25, -0.2) is 0 Å². The summed E-state index contributed by atoms with van der Waals surface area (Å²) in [6, 6.07) is 0. The average Bonchev–Trinajstić information content (AvgIpc) is 1.00. The van der Waals surface area contributed by atoms with E-state index in [4.69, 9.17) is 5.11 Å². The van der Waals surface area contributed by atoms with E-state index in [0.717, 1.165) is 7.11 Å². The third-order valence-corrected chi connectivity index (χ3v) is 0. The summed E-state index contributed by atoms with van der Waals surface area (Å²) < 4.78 is 0. The fourth-order valence-electron chi connectivity index (χ4n) is 0. The monoisotopic (exact) mass is 74.0 g/mol. The molecule has 0 aromatic rings. The Morgan fingerprint density at radius 2 is 1.25 bits per heavy atom. The fraction of sp³-hybridized carbons (Fsp3) is 1.00. The van der Waals surface area contributed by atoms with E-state index in [0.29, 0.717) is 0 Å². The zero-order valence-corrected chi connectivity index (χ0v) is 3.91. The standard InChI is InChI=1S/CH3O.FH.Mg/c1-2;;/h1H3;1H;/q-1;;+2/p-1. The van der Waals surface area contributed by atoms with Crippen LogP contribution in [0.25, 0.3) is 0 Å². The zero-order chi connectivity index (χ0) is 2.00. The van der Waals surface area contributed by atoms with E-state index >= 15 is 0 Å². The summed E-state index contributed by atoms with van der Waals surface area (Å²) in [7, 11) is 0.750. The molecule has 0 saturated heterocycles. The zero-order valence-electron chi connectivity index (χ0n) is 2.49. The van der Waals surface area contributed by atoms with Crippen molar-refractivity contribution >= 4 is 23.1 Å². The van der Waals surface area contributed by atoms with Crippen molar-refractivity contribution in [1.29, 1.82) is 0 Å². The molecular formula is CH3FMgO. The van der Waals surface area contributed by atoms with Gasteiger partial charge in [-0.05, 0) is 0 Å². The van der Waals surface area contributed by atoms with E-state index in [1.54, 1.807) is 0 Å². The van der Waals surface area contributed by atoms with Crippen LogP contribution in [-0.2, 0) is 0 Å². The van der Waals surface area contributed by atoms with Gasteiger partial charge in [0, 0.05) is 0 Å². The molecule has 0 saturated carbocycles.